The van der Waals surface area contributed by atoms with Crippen molar-refractivity contribution >= 4 is 29.4 Å². The first-order valence-electron chi connectivity index (χ1n) is 17.0. The third kappa shape index (κ3) is 12.6. The molecule has 1 heterocycles. The Morgan fingerprint density at radius 2 is 1.09 bits per heavy atom. The van der Waals surface area contributed by atoms with Gasteiger partial charge in [-0.25, -0.2) is 0 Å². The van der Waals surface area contributed by atoms with E-state index in [1.165, 1.54) is 19.2 Å². The second-order valence-electron chi connectivity index (χ2n) is 11.8. The number of phenolic OH excluding ortho intramolecular Hbond substituents is 2. The van der Waals surface area contributed by atoms with Gasteiger partial charge in [0.1, 0.15) is 29.3 Å². The van der Waals surface area contributed by atoms with Gasteiger partial charge in [0.15, 0.2) is 0 Å². The summed E-state index contributed by atoms with van der Waals surface area (Å²) in [6.07, 6.45) is -0.241. The SMILES string of the molecule is C.CO.COC1C(C)OC(C)C(OC)C1(C)OC.COC=O.O=C1c2c(O)ccc(O)c2C(=O)c2c(NCCNCCO)ccc(NCCNCCO)c21.[HH].[HH].[HH]. The first-order valence-corrected chi connectivity index (χ1v) is 17.0. The average molecular weight is 777 g/mol. The molecule has 0 aromatic heterocycles. The molecule has 0 bridgehead atoms. The molecule has 2 aliphatic rings. The second kappa shape index (κ2) is 26.0. The Bertz CT molecular complexity index is 1350. The minimum Gasteiger partial charge on any atom is -0.507 e. The summed E-state index contributed by atoms with van der Waals surface area (Å²) < 4.78 is 26.1. The van der Waals surface area contributed by atoms with Gasteiger partial charge in [0.25, 0.3) is 6.47 Å². The van der Waals surface area contributed by atoms with Crippen molar-refractivity contribution in [2.24, 2.45) is 0 Å². The molecule has 1 aliphatic heterocycles. The minimum absolute atomic E-state index is 0. The molecule has 4 unspecified atom stereocenters. The van der Waals surface area contributed by atoms with Crippen LogP contribution in [0.2, 0.25) is 0 Å². The molecular formula is C37H68N4O13. The lowest BCUT2D eigenvalue weighted by Gasteiger charge is -2.50. The van der Waals surface area contributed by atoms with Crippen LogP contribution in [0.25, 0.3) is 0 Å². The summed E-state index contributed by atoms with van der Waals surface area (Å²) in [6.45, 7) is 9.18. The van der Waals surface area contributed by atoms with E-state index in [0.29, 0.717) is 57.1 Å². The van der Waals surface area contributed by atoms with Crippen LogP contribution in [0.3, 0.4) is 0 Å². The van der Waals surface area contributed by atoms with E-state index in [-0.39, 0.29) is 83.1 Å². The molecule has 2 aromatic carbocycles. The monoisotopic (exact) mass is 776 g/mol. The number of aliphatic hydroxyl groups is 3. The lowest BCUT2D eigenvalue weighted by Crippen LogP contribution is -2.65. The number of phenols is 2. The number of anilines is 2. The molecule has 314 valence electrons. The number of methoxy groups -OCH3 is 4. The van der Waals surface area contributed by atoms with E-state index in [0.717, 1.165) is 7.11 Å². The highest BCUT2D eigenvalue weighted by atomic mass is 16.6. The van der Waals surface area contributed by atoms with Crippen LogP contribution in [0.5, 0.6) is 11.5 Å². The standard InChI is InChI=1S/C22H28N4O6.C11H22O4.C2H4O2.CH4O.CH4.3H2/c27-11-9-23-5-7-25-13-1-2-14(26-8-6-24-10-12-28)18-17(13)21(31)19-15(29)3-4-16(30)20(19)22(18)32;1-7-9(12-4)11(3,14-6)10(13-5)8(2)15-7;1-4-2-3;1-2;;;;/h1-4,23-30H,5-12H2;7-10H,1-6H3;2H,1H3;2H,1H3;1H4;3*1H. The van der Waals surface area contributed by atoms with Gasteiger partial charge in [-0.3, -0.25) is 14.4 Å². The lowest BCUT2D eigenvalue weighted by atomic mass is 9.81. The number of ether oxygens (including phenoxy) is 5. The van der Waals surface area contributed by atoms with Gasteiger partial charge >= 0.3 is 0 Å². The van der Waals surface area contributed by atoms with Crippen LogP contribution in [-0.4, -0.2) is 162 Å². The van der Waals surface area contributed by atoms with Gasteiger partial charge < -0.3 is 70.5 Å². The molecule has 4 atom stereocenters. The number of hydrogen-bond donors (Lipinski definition) is 9. The third-order valence-electron chi connectivity index (χ3n) is 8.54. The maximum Gasteiger partial charge on any atom is 0.292 e. The van der Waals surface area contributed by atoms with Crippen molar-refractivity contribution in [1.29, 1.82) is 0 Å². The van der Waals surface area contributed by atoms with Crippen molar-refractivity contribution in [1.82, 2.24) is 10.6 Å². The van der Waals surface area contributed by atoms with Crippen LogP contribution in [0, 0.1) is 0 Å². The molecule has 17 nitrogen and oxygen atoms in total. The Morgan fingerprint density at radius 3 is 1.39 bits per heavy atom. The fourth-order valence-corrected chi connectivity index (χ4v) is 6.30. The van der Waals surface area contributed by atoms with Crippen molar-refractivity contribution in [3.8, 4) is 11.5 Å². The van der Waals surface area contributed by atoms with Crippen molar-refractivity contribution in [3.05, 3.63) is 46.5 Å². The largest absolute Gasteiger partial charge is 0.507 e. The molecule has 1 aliphatic carbocycles. The van der Waals surface area contributed by atoms with Crippen molar-refractivity contribution in [2.45, 2.75) is 58.2 Å². The zero-order valence-corrected chi connectivity index (χ0v) is 31.9. The van der Waals surface area contributed by atoms with Crippen molar-refractivity contribution < 1.29 is 67.9 Å². The first-order chi connectivity index (χ1) is 25.4. The Balaban J connectivity index is -0.000000475. The first kappa shape index (κ1) is 50.1. The molecule has 1 saturated heterocycles. The van der Waals surface area contributed by atoms with Crippen LogP contribution < -0.4 is 21.3 Å². The summed E-state index contributed by atoms with van der Waals surface area (Å²) in [5.74, 6) is -1.86. The number of ketones is 2. The van der Waals surface area contributed by atoms with Crippen molar-refractivity contribution in [3.63, 3.8) is 0 Å². The molecule has 1 fully saturated rings. The minimum atomic E-state index is -0.559. The highest BCUT2D eigenvalue weighted by Crippen LogP contribution is 2.42. The van der Waals surface area contributed by atoms with Gasteiger partial charge in [-0.15, -0.1) is 0 Å². The van der Waals surface area contributed by atoms with Gasteiger partial charge in [-0.1, -0.05) is 7.43 Å². The molecule has 4 rings (SSSR count). The van der Waals surface area contributed by atoms with E-state index in [9.17, 15) is 19.8 Å². The number of hydrogen-bond acceptors (Lipinski definition) is 17. The number of aliphatic hydroxyl groups excluding tert-OH is 3. The second-order valence-corrected chi connectivity index (χ2v) is 11.8. The highest BCUT2D eigenvalue weighted by molar-refractivity contribution is 6.33. The average Bonchev–Trinajstić information content (AvgIpc) is 3.16. The Morgan fingerprint density at radius 1 is 0.722 bits per heavy atom. The maximum atomic E-state index is 13.4. The van der Waals surface area contributed by atoms with E-state index >= 15 is 0 Å². The van der Waals surface area contributed by atoms with E-state index in [1.54, 1.807) is 33.5 Å². The summed E-state index contributed by atoms with van der Waals surface area (Å²) in [7, 11) is 7.34. The molecule has 9 N–H and O–H groups in total. The van der Waals surface area contributed by atoms with Gasteiger partial charge in [0, 0.05) is 83.4 Å². The molecule has 0 spiro atoms. The lowest BCUT2D eigenvalue weighted by molar-refractivity contribution is -0.276. The van der Waals surface area contributed by atoms with E-state index in [2.05, 4.69) is 26.0 Å². The van der Waals surface area contributed by atoms with Crippen LogP contribution in [0.1, 0.15) is 64.3 Å². The number of nitrogens with one attached hydrogen (secondary N) is 4. The van der Waals surface area contributed by atoms with Crippen molar-refractivity contribution in [2.75, 3.05) is 98.7 Å². The highest BCUT2D eigenvalue weighted by Gasteiger charge is 2.52. The summed E-state index contributed by atoms with van der Waals surface area (Å²) in [6, 6.07) is 5.74. The van der Waals surface area contributed by atoms with E-state index < -0.39 is 17.2 Å². The molecule has 2 aromatic rings. The molecule has 0 radical (unpaired) electrons. The number of rotatable bonds is 16. The predicted molar refractivity (Wildman–Crippen MR) is 211 cm³/mol. The van der Waals surface area contributed by atoms with Gasteiger partial charge in [0.05, 0.1) is 54.8 Å². The number of benzene rings is 2. The van der Waals surface area contributed by atoms with Crippen LogP contribution in [-0.2, 0) is 28.5 Å². The summed E-state index contributed by atoms with van der Waals surface area (Å²) in [5.41, 5.74) is 0.206. The summed E-state index contributed by atoms with van der Waals surface area (Å²) in [4.78, 5) is 35.7. The number of fused-ring (bicyclic) bond motifs is 2. The Hall–Kier alpha value is -3.91. The van der Waals surface area contributed by atoms with E-state index in [4.69, 9.17) is 39.1 Å². The number of carbonyl (C=O) groups excluding carboxylic acids is 3. The van der Waals surface area contributed by atoms with Gasteiger partial charge in [0.2, 0.25) is 11.6 Å². The maximum absolute atomic E-state index is 13.4. The molecule has 54 heavy (non-hydrogen) atoms. The van der Waals surface area contributed by atoms with Gasteiger partial charge in [-0.2, -0.15) is 0 Å². The number of carbonyl (C=O) groups is 3. The van der Waals surface area contributed by atoms with Gasteiger partial charge in [-0.05, 0) is 45.0 Å². The zero-order chi connectivity index (χ0) is 40.1. The smallest absolute Gasteiger partial charge is 0.292 e. The van der Waals surface area contributed by atoms with Crippen LogP contribution in [0.4, 0.5) is 11.4 Å². The fourth-order valence-electron chi connectivity index (χ4n) is 6.30. The van der Waals surface area contributed by atoms with Crippen LogP contribution in [0.15, 0.2) is 24.3 Å². The molecule has 0 saturated carbocycles. The predicted octanol–water partition coefficient (Wildman–Crippen LogP) is 1.86. The van der Waals surface area contributed by atoms with E-state index in [1.807, 2.05) is 20.8 Å². The molecule has 0 amide bonds. The number of aromatic hydroxyl groups is 2. The molecular weight excluding hydrogens is 708 g/mol. The molecule has 17 heteroatoms. The van der Waals surface area contributed by atoms with Crippen LogP contribution >= 0.6 is 0 Å². The fraction of sp³-hybridized carbons (Fsp3) is 0.595. The third-order valence-corrected chi connectivity index (χ3v) is 8.54. The zero-order valence-electron chi connectivity index (χ0n) is 31.9. The topological polar surface area (TPSA) is 247 Å². The summed E-state index contributed by atoms with van der Waals surface area (Å²) in [5, 5.41) is 57.6. The quantitative estimate of drug-likeness (QED) is 0.0572. The normalized spacial score (nSPS) is 20.9. The Labute approximate surface area is 322 Å². The summed E-state index contributed by atoms with van der Waals surface area (Å²) >= 11 is 0. The Kier molecular flexibility index (Phi) is 24.1.